The third-order valence-electron chi connectivity index (χ3n) is 4.11. The molecule has 3 atom stereocenters. The third kappa shape index (κ3) is 2.27. The normalized spacial score (nSPS) is 29.7. The molecule has 5 heteroatoms. The number of benzene rings is 1. The topological polar surface area (TPSA) is 29.1 Å². The maximum atomic E-state index is 12.6. The average molecular weight is 269 g/mol. The van der Waals surface area contributed by atoms with Gasteiger partial charge in [-0.25, -0.2) is 0 Å². The predicted octanol–water partition coefficient (Wildman–Crippen LogP) is 3.03. The summed E-state index contributed by atoms with van der Waals surface area (Å²) in [5, 5.41) is 3.33. The van der Waals surface area contributed by atoms with E-state index in [2.05, 4.69) is 5.32 Å². The van der Waals surface area contributed by atoms with Crippen molar-refractivity contribution in [1.82, 2.24) is 5.32 Å². The van der Waals surface area contributed by atoms with Gasteiger partial charge in [0, 0.05) is 23.6 Å². The highest BCUT2D eigenvalue weighted by Crippen LogP contribution is 2.36. The maximum Gasteiger partial charge on any atom is 0.416 e. The van der Waals surface area contributed by atoms with Crippen LogP contribution in [0.4, 0.5) is 13.2 Å². The fourth-order valence-corrected chi connectivity index (χ4v) is 3.18. The molecule has 0 radical (unpaired) electrons. The predicted molar refractivity (Wildman–Crippen MR) is 63.8 cm³/mol. The Morgan fingerprint density at radius 1 is 1.26 bits per heavy atom. The smallest absolute Gasteiger partial charge is 0.310 e. The monoisotopic (exact) mass is 269 g/mol. The van der Waals surface area contributed by atoms with E-state index in [1.165, 1.54) is 12.1 Å². The van der Waals surface area contributed by atoms with Gasteiger partial charge in [0.15, 0.2) is 5.78 Å². The Morgan fingerprint density at radius 2 is 2.05 bits per heavy atom. The molecule has 3 unspecified atom stereocenters. The molecule has 1 N–H and O–H groups in total. The lowest BCUT2D eigenvalue weighted by molar-refractivity contribution is -0.137. The van der Waals surface area contributed by atoms with Crippen molar-refractivity contribution in [3.05, 3.63) is 35.4 Å². The van der Waals surface area contributed by atoms with Crippen molar-refractivity contribution in [3.8, 4) is 0 Å². The van der Waals surface area contributed by atoms with Crippen LogP contribution in [-0.2, 0) is 6.18 Å². The SMILES string of the molecule is O=C(c1cccc(C(F)(F)F)c1)C1CC2CCC1N2. The van der Waals surface area contributed by atoms with Crippen molar-refractivity contribution in [3.63, 3.8) is 0 Å². The van der Waals surface area contributed by atoms with Gasteiger partial charge in [0.1, 0.15) is 0 Å². The van der Waals surface area contributed by atoms with Crippen LogP contribution in [0, 0.1) is 5.92 Å². The molecule has 0 aliphatic carbocycles. The van der Waals surface area contributed by atoms with E-state index < -0.39 is 11.7 Å². The Labute approximate surface area is 109 Å². The van der Waals surface area contributed by atoms with Crippen LogP contribution in [0.5, 0.6) is 0 Å². The molecule has 0 aromatic heterocycles. The van der Waals surface area contributed by atoms with Crippen LogP contribution in [0.15, 0.2) is 24.3 Å². The molecule has 2 aliphatic heterocycles. The number of fused-ring (bicyclic) bond motifs is 2. The summed E-state index contributed by atoms with van der Waals surface area (Å²) in [5.41, 5.74) is -0.580. The summed E-state index contributed by atoms with van der Waals surface area (Å²) in [6, 6.07) is 5.25. The molecule has 2 nitrogen and oxygen atoms in total. The number of alkyl halides is 3. The fraction of sp³-hybridized carbons (Fsp3) is 0.500. The molecule has 2 heterocycles. The molecular weight excluding hydrogens is 255 g/mol. The van der Waals surface area contributed by atoms with Crippen LogP contribution >= 0.6 is 0 Å². The quantitative estimate of drug-likeness (QED) is 0.836. The third-order valence-corrected chi connectivity index (χ3v) is 4.11. The van der Waals surface area contributed by atoms with Crippen molar-refractivity contribution in [2.45, 2.75) is 37.5 Å². The molecule has 2 fully saturated rings. The van der Waals surface area contributed by atoms with Crippen LogP contribution in [0.25, 0.3) is 0 Å². The Hall–Kier alpha value is -1.36. The number of Topliss-reactive ketones (excluding diaryl/α,β-unsaturated/α-hetero) is 1. The van der Waals surface area contributed by atoms with Gasteiger partial charge in [-0.05, 0) is 31.4 Å². The van der Waals surface area contributed by atoms with E-state index in [9.17, 15) is 18.0 Å². The maximum absolute atomic E-state index is 12.6. The van der Waals surface area contributed by atoms with Gasteiger partial charge in [-0.2, -0.15) is 13.2 Å². The molecule has 102 valence electrons. The number of rotatable bonds is 2. The summed E-state index contributed by atoms with van der Waals surface area (Å²) in [4.78, 5) is 12.3. The molecule has 1 aromatic rings. The molecule has 19 heavy (non-hydrogen) atoms. The summed E-state index contributed by atoms with van der Waals surface area (Å²) < 4.78 is 37.9. The first kappa shape index (κ1) is 12.7. The van der Waals surface area contributed by atoms with Gasteiger partial charge in [-0.15, -0.1) is 0 Å². The minimum Gasteiger partial charge on any atom is -0.310 e. The van der Waals surface area contributed by atoms with E-state index in [4.69, 9.17) is 0 Å². The molecule has 0 amide bonds. The highest BCUT2D eigenvalue weighted by atomic mass is 19.4. The molecule has 2 bridgehead atoms. The zero-order valence-corrected chi connectivity index (χ0v) is 10.2. The lowest BCUT2D eigenvalue weighted by Gasteiger charge is -2.19. The second-order valence-corrected chi connectivity index (χ2v) is 5.33. The van der Waals surface area contributed by atoms with Gasteiger partial charge in [-0.1, -0.05) is 12.1 Å². The van der Waals surface area contributed by atoms with E-state index >= 15 is 0 Å². The fourth-order valence-electron chi connectivity index (χ4n) is 3.18. The first-order valence-corrected chi connectivity index (χ1v) is 6.42. The van der Waals surface area contributed by atoms with Gasteiger partial charge in [0.05, 0.1) is 5.56 Å². The lowest BCUT2D eigenvalue weighted by Crippen LogP contribution is -2.28. The number of hydrogen-bond acceptors (Lipinski definition) is 2. The molecule has 0 saturated carbocycles. The largest absolute Gasteiger partial charge is 0.416 e. The van der Waals surface area contributed by atoms with E-state index in [-0.39, 0.29) is 23.3 Å². The number of halogens is 3. The minimum atomic E-state index is -4.40. The lowest BCUT2D eigenvalue weighted by atomic mass is 9.83. The number of carbonyl (C=O) groups excluding carboxylic acids is 1. The molecule has 1 aromatic carbocycles. The molecule has 2 aliphatic rings. The summed E-state index contributed by atoms with van der Waals surface area (Å²) >= 11 is 0. The first-order chi connectivity index (χ1) is 8.95. The zero-order valence-electron chi connectivity index (χ0n) is 10.2. The van der Waals surface area contributed by atoms with Gasteiger partial charge in [-0.3, -0.25) is 4.79 Å². The van der Waals surface area contributed by atoms with Crippen LogP contribution in [0.1, 0.15) is 35.2 Å². The second-order valence-electron chi connectivity index (χ2n) is 5.33. The second kappa shape index (κ2) is 4.34. The van der Waals surface area contributed by atoms with Crippen molar-refractivity contribution < 1.29 is 18.0 Å². The Morgan fingerprint density at radius 3 is 2.63 bits per heavy atom. The zero-order chi connectivity index (χ0) is 13.6. The van der Waals surface area contributed by atoms with Crippen LogP contribution in [-0.4, -0.2) is 17.9 Å². The van der Waals surface area contributed by atoms with Gasteiger partial charge in [0.25, 0.3) is 0 Å². The number of ketones is 1. The van der Waals surface area contributed by atoms with E-state index in [1.807, 2.05) is 0 Å². The Balaban J connectivity index is 1.84. The van der Waals surface area contributed by atoms with Crippen LogP contribution < -0.4 is 5.32 Å². The number of carbonyl (C=O) groups is 1. The minimum absolute atomic E-state index is 0.145. The highest BCUT2D eigenvalue weighted by Gasteiger charge is 2.43. The standard InChI is InChI=1S/C14H14F3NO/c15-14(16,17)9-3-1-2-8(6-9)13(19)11-7-10-4-5-12(11)18-10/h1-3,6,10-12,18H,4-5,7H2. The van der Waals surface area contributed by atoms with Gasteiger partial charge < -0.3 is 5.32 Å². The van der Waals surface area contributed by atoms with Crippen LogP contribution in [0.3, 0.4) is 0 Å². The number of nitrogens with one attached hydrogen (secondary N) is 1. The van der Waals surface area contributed by atoms with E-state index in [0.717, 1.165) is 31.4 Å². The van der Waals surface area contributed by atoms with E-state index in [1.54, 1.807) is 0 Å². The summed E-state index contributed by atoms with van der Waals surface area (Å²) in [5.74, 6) is -0.326. The summed E-state index contributed by atoms with van der Waals surface area (Å²) in [6.45, 7) is 0. The van der Waals surface area contributed by atoms with Crippen molar-refractivity contribution in [2.24, 2.45) is 5.92 Å². The molecule has 3 rings (SSSR count). The Kier molecular flexibility index (Phi) is 2.89. The number of hydrogen-bond donors (Lipinski definition) is 1. The highest BCUT2D eigenvalue weighted by molar-refractivity contribution is 5.98. The first-order valence-electron chi connectivity index (χ1n) is 6.42. The van der Waals surface area contributed by atoms with Crippen molar-refractivity contribution in [1.29, 1.82) is 0 Å². The summed E-state index contributed by atoms with van der Waals surface area (Å²) in [6.07, 6.45) is -1.64. The van der Waals surface area contributed by atoms with Crippen molar-refractivity contribution in [2.75, 3.05) is 0 Å². The molecular formula is C14H14F3NO. The van der Waals surface area contributed by atoms with Crippen molar-refractivity contribution >= 4 is 5.78 Å². The van der Waals surface area contributed by atoms with Crippen LogP contribution in [0.2, 0.25) is 0 Å². The molecule has 0 spiro atoms. The van der Waals surface area contributed by atoms with Gasteiger partial charge >= 0.3 is 6.18 Å². The summed E-state index contributed by atoms with van der Waals surface area (Å²) in [7, 11) is 0. The van der Waals surface area contributed by atoms with E-state index in [0.29, 0.717) is 6.04 Å². The average Bonchev–Trinajstić information content (AvgIpc) is 2.99. The van der Waals surface area contributed by atoms with Gasteiger partial charge in [0.2, 0.25) is 0 Å². The molecule has 2 saturated heterocycles. The Bertz CT molecular complexity index is 512.